The maximum atomic E-state index is 13.0. The Labute approximate surface area is 137 Å². The minimum absolute atomic E-state index is 0.00866. The van der Waals surface area contributed by atoms with E-state index in [1.807, 2.05) is 36.4 Å². The largest absolute Gasteiger partial charge is 0.376 e. The number of hydrogen-bond donors (Lipinski definition) is 0. The Bertz CT molecular complexity index is 634. The first kappa shape index (κ1) is 15.7. The van der Waals surface area contributed by atoms with Gasteiger partial charge in [0.1, 0.15) is 0 Å². The van der Waals surface area contributed by atoms with E-state index in [0.29, 0.717) is 12.1 Å². The number of aryl methyl sites for hydroxylation is 1. The van der Waals surface area contributed by atoms with E-state index in [4.69, 9.17) is 4.74 Å². The molecule has 0 N–H and O–H groups in total. The zero-order valence-electron chi connectivity index (χ0n) is 13.4. The highest BCUT2D eigenvalue weighted by Gasteiger charge is 2.24. The van der Waals surface area contributed by atoms with Crippen LogP contribution < -0.4 is 4.90 Å². The summed E-state index contributed by atoms with van der Waals surface area (Å²) in [5.74, 6) is 0.00866. The maximum Gasteiger partial charge on any atom is 0.258 e. The second-order valence-electron chi connectivity index (χ2n) is 5.81. The van der Waals surface area contributed by atoms with E-state index in [0.717, 1.165) is 31.6 Å². The Morgan fingerprint density at radius 3 is 2.57 bits per heavy atom. The summed E-state index contributed by atoms with van der Waals surface area (Å²) in [7, 11) is 0. The fourth-order valence-electron chi connectivity index (χ4n) is 2.86. The molecule has 0 bridgehead atoms. The molecular formula is C19H22N2O2. The number of benzene rings is 1. The van der Waals surface area contributed by atoms with Gasteiger partial charge in [0.15, 0.2) is 0 Å². The van der Waals surface area contributed by atoms with Crippen molar-refractivity contribution < 1.29 is 9.53 Å². The summed E-state index contributed by atoms with van der Waals surface area (Å²) in [5.41, 5.74) is 2.80. The third-order valence-corrected chi connectivity index (χ3v) is 4.24. The first-order chi connectivity index (χ1) is 11.3. The third kappa shape index (κ3) is 3.77. The number of anilines is 1. The van der Waals surface area contributed by atoms with Crippen LogP contribution in [0.3, 0.4) is 0 Å². The zero-order valence-corrected chi connectivity index (χ0v) is 13.4. The molecule has 4 nitrogen and oxygen atoms in total. The van der Waals surface area contributed by atoms with E-state index < -0.39 is 0 Å². The molecule has 23 heavy (non-hydrogen) atoms. The molecule has 0 unspecified atom stereocenters. The Morgan fingerprint density at radius 2 is 1.96 bits per heavy atom. The lowest BCUT2D eigenvalue weighted by Gasteiger charge is -2.25. The van der Waals surface area contributed by atoms with Crippen molar-refractivity contribution in [3.63, 3.8) is 0 Å². The standard InChI is InChI=1S/C19H22N2O2/c1-2-15-5-7-16(8-6-15)19(22)21(14-18-4-3-13-23-18)17-9-11-20-12-10-17/h5-12,18H,2-4,13-14H2,1H3/t18-/m1/s1. The first-order valence-corrected chi connectivity index (χ1v) is 8.20. The highest BCUT2D eigenvalue weighted by atomic mass is 16.5. The fraction of sp³-hybridized carbons (Fsp3) is 0.368. The molecule has 2 aromatic rings. The third-order valence-electron chi connectivity index (χ3n) is 4.24. The molecule has 1 atom stereocenters. The topological polar surface area (TPSA) is 42.4 Å². The van der Waals surface area contributed by atoms with E-state index in [9.17, 15) is 4.79 Å². The molecule has 3 rings (SSSR count). The van der Waals surface area contributed by atoms with Gasteiger partial charge in [-0.15, -0.1) is 0 Å². The molecule has 1 aromatic carbocycles. The van der Waals surface area contributed by atoms with Crippen molar-refractivity contribution in [2.75, 3.05) is 18.1 Å². The lowest BCUT2D eigenvalue weighted by Crippen LogP contribution is -2.37. The van der Waals surface area contributed by atoms with E-state index in [-0.39, 0.29) is 12.0 Å². The van der Waals surface area contributed by atoms with E-state index in [2.05, 4.69) is 11.9 Å². The van der Waals surface area contributed by atoms with Crippen LogP contribution in [0.2, 0.25) is 0 Å². The first-order valence-electron chi connectivity index (χ1n) is 8.20. The molecule has 1 amide bonds. The van der Waals surface area contributed by atoms with Crippen LogP contribution in [0.5, 0.6) is 0 Å². The average molecular weight is 310 g/mol. The van der Waals surface area contributed by atoms with Crippen LogP contribution in [0.25, 0.3) is 0 Å². The molecule has 0 aliphatic carbocycles. The second kappa shape index (κ2) is 7.38. The average Bonchev–Trinajstić information content (AvgIpc) is 3.13. The van der Waals surface area contributed by atoms with Crippen LogP contribution in [0.1, 0.15) is 35.7 Å². The minimum Gasteiger partial charge on any atom is -0.376 e. The van der Waals surface area contributed by atoms with Crippen LogP contribution >= 0.6 is 0 Å². The number of carbonyl (C=O) groups excluding carboxylic acids is 1. The lowest BCUT2D eigenvalue weighted by molar-refractivity contribution is 0.0917. The van der Waals surface area contributed by atoms with Gasteiger partial charge in [0.05, 0.1) is 12.6 Å². The van der Waals surface area contributed by atoms with Gasteiger partial charge in [0.25, 0.3) is 5.91 Å². The number of aromatic nitrogens is 1. The summed E-state index contributed by atoms with van der Waals surface area (Å²) >= 11 is 0. The van der Waals surface area contributed by atoms with Crippen molar-refractivity contribution in [3.8, 4) is 0 Å². The van der Waals surface area contributed by atoms with Crippen molar-refractivity contribution in [2.45, 2.75) is 32.3 Å². The molecular weight excluding hydrogens is 288 g/mol. The minimum atomic E-state index is 0.00866. The Balaban J connectivity index is 1.85. The molecule has 1 saturated heterocycles. The highest BCUT2D eigenvalue weighted by Crippen LogP contribution is 2.21. The molecule has 0 saturated carbocycles. The molecule has 1 fully saturated rings. The molecule has 0 spiro atoms. The van der Waals surface area contributed by atoms with Crippen LogP contribution in [0.4, 0.5) is 5.69 Å². The van der Waals surface area contributed by atoms with Crippen molar-refractivity contribution in [3.05, 3.63) is 59.9 Å². The summed E-state index contributed by atoms with van der Waals surface area (Å²) in [6.07, 6.45) is 6.58. The van der Waals surface area contributed by atoms with Crippen molar-refractivity contribution >= 4 is 11.6 Å². The predicted molar refractivity (Wildman–Crippen MR) is 90.7 cm³/mol. The number of hydrogen-bond acceptors (Lipinski definition) is 3. The smallest absolute Gasteiger partial charge is 0.258 e. The van der Waals surface area contributed by atoms with Crippen LogP contribution in [0.15, 0.2) is 48.8 Å². The Kier molecular flexibility index (Phi) is 5.03. The normalized spacial score (nSPS) is 17.2. The highest BCUT2D eigenvalue weighted by molar-refractivity contribution is 6.06. The summed E-state index contributed by atoms with van der Waals surface area (Å²) < 4.78 is 5.72. The van der Waals surface area contributed by atoms with Gasteiger partial charge >= 0.3 is 0 Å². The van der Waals surface area contributed by atoms with Gasteiger partial charge in [-0.05, 0) is 49.1 Å². The van der Waals surface area contributed by atoms with Gasteiger partial charge in [0, 0.05) is 30.3 Å². The van der Waals surface area contributed by atoms with Gasteiger partial charge in [0.2, 0.25) is 0 Å². The molecule has 120 valence electrons. The number of rotatable bonds is 5. The zero-order chi connectivity index (χ0) is 16.1. The van der Waals surface area contributed by atoms with E-state index in [1.54, 1.807) is 17.3 Å². The lowest BCUT2D eigenvalue weighted by atomic mass is 10.1. The van der Waals surface area contributed by atoms with Crippen LogP contribution in [0, 0.1) is 0 Å². The molecule has 1 aliphatic rings. The number of carbonyl (C=O) groups is 1. The molecule has 1 aromatic heterocycles. The maximum absolute atomic E-state index is 13.0. The van der Waals surface area contributed by atoms with Gasteiger partial charge in [-0.25, -0.2) is 0 Å². The predicted octanol–water partition coefficient (Wildman–Crippen LogP) is 3.47. The fourth-order valence-corrected chi connectivity index (χ4v) is 2.86. The Hall–Kier alpha value is -2.20. The van der Waals surface area contributed by atoms with Gasteiger partial charge < -0.3 is 9.64 Å². The van der Waals surface area contributed by atoms with Gasteiger partial charge in [-0.1, -0.05) is 19.1 Å². The van der Waals surface area contributed by atoms with Gasteiger partial charge in [-0.3, -0.25) is 9.78 Å². The monoisotopic (exact) mass is 310 g/mol. The number of ether oxygens (including phenoxy) is 1. The second-order valence-corrected chi connectivity index (χ2v) is 5.81. The summed E-state index contributed by atoms with van der Waals surface area (Å²) in [5, 5.41) is 0. The van der Waals surface area contributed by atoms with E-state index >= 15 is 0 Å². The van der Waals surface area contributed by atoms with E-state index in [1.165, 1.54) is 5.56 Å². The van der Waals surface area contributed by atoms with Gasteiger partial charge in [-0.2, -0.15) is 0 Å². The number of nitrogens with zero attached hydrogens (tertiary/aromatic N) is 2. The summed E-state index contributed by atoms with van der Waals surface area (Å²) in [6, 6.07) is 11.6. The van der Waals surface area contributed by atoms with Crippen molar-refractivity contribution in [2.24, 2.45) is 0 Å². The molecule has 2 heterocycles. The summed E-state index contributed by atoms with van der Waals surface area (Å²) in [4.78, 5) is 18.8. The van der Waals surface area contributed by atoms with Crippen LogP contribution in [-0.2, 0) is 11.2 Å². The van der Waals surface area contributed by atoms with Crippen molar-refractivity contribution in [1.29, 1.82) is 0 Å². The number of pyridine rings is 1. The number of amides is 1. The SMILES string of the molecule is CCc1ccc(C(=O)N(C[C@H]2CCCO2)c2ccncc2)cc1. The summed E-state index contributed by atoms with van der Waals surface area (Å²) in [6.45, 7) is 3.48. The van der Waals surface area contributed by atoms with Crippen LogP contribution in [-0.4, -0.2) is 30.1 Å². The van der Waals surface area contributed by atoms with Crippen molar-refractivity contribution in [1.82, 2.24) is 4.98 Å². The Morgan fingerprint density at radius 1 is 1.22 bits per heavy atom. The molecule has 4 heteroatoms. The quantitative estimate of drug-likeness (QED) is 0.849. The molecule has 0 radical (unpaired) electrons. The molecule has 1 aliphatic heterocycles.